The molecule has 0 spiro atoms. The molecule has 21 heavy (non-hydrogen) atoms. The zero-order chi connectivity index (χ0) is 14.4. The Kier molecular flexibility index (Phi) is 3.17. The topological polar surface area (TPSA) is 45.1 Å². The van der Waals surface area contributed by atoms with Crippen LogP contribution in [0.4, 0.5) is 0 Å². The second-order valence-corrected chi connectivity index (χ2v) is 6.84. The van der Waals surface area contributed by atoms with Crippen LogP contribution < -0.4 is 4.74 Å². The number of rotatable bonds is 3. The Morgan fingerprint density at radius 2 is 2.33 bits per heavy atom. The molecule has 4 nitrogen and oxygen atoms in total. The molecule has 6 heteroatoms. The average molecular weight is 318 g/mol. The SMILES string of the molecule is COc1cc(C2=C(CO)SC3=NCCN32)c2sccc2c1. The molecule has 2 aliphatic heterocycles. The van der Waals surface area contributed by atoms with Crippen LogP contribution >= 0.6 is 23.1 Å². The number of thioether (sulfide) groups is 1. The van der Waals surface area contributed by atoms with Gasteiger partial charge < -0.3 is 14.7 Å². The summed E-state index contributed by atoms with van der Waals surface area (Å²) < 4.78 is 6.66. The summed E-state index contributed by atoms with van der Waals surface area (Å²) in [6, 6.07) is 6.22. The van der Waals surface area contributed by atoms with Gasteiger partial charge in [-0.05, 0) is 29.0 Å². The molecule has 108 valence electrons. The van der Waals surface area contributed by atoms with Crippen molar-refractivity contribution in [3.8, 4) is 5.75 Å². The van der Waals surface area contributed by atoms with Crippen molar-refractivity contribution in [1.29, 1.82) is 0 Å². The number of benzene rings is 1. The first kappa shape index (κ1) is 13.2. The number of aliphatic hydroxyl groups is 1. The highest BCUT2D eigenvalue weighted by Gasteiger charge is 2.33. The summed E-state index contributed by atoms with van der Waals surface area (Å²) in [4.78, 5) is 7.69. The number of nitrogens with zero attached hydrogens (tertiary/aromatic N) is 2. The van der Waals surface area contributed by atoms with Crippen molar-refractivity contribution in [2.75, 3.05) is 26.8 Å². The zero-order valence-corrected chi connectivity index (χ0v) is 13.1. The van der Waals surface area contributed by atoms with E-state index < -0.39 is 0 Å². The lowest BCUT2D eigenvalue weighted by Crippen LogP contribution is -2.20. The van der Waals surface area contributed by atoms with Crippen LogP contribution in [-0.2, 0) is 0 Å². The highest BCUT2D eigenvalue weighted by Crippen LogP contribution is 2.45. The van der Waals surface area contributed by atoms with Gasteiger partial charge in [-0.1, -0.05) is 11.8 Å². The van der Waals surface area contributed by atoms with Crippen molar-refractivity contribution in [3.05, 3.63) is 34.0 Å². The van der Waals surface area contributed by atoms with Crippen molar-refractivity contribution in [1.82, 2.24) is 4.90 Å². The van der Waals surface area contributed by atoms with Crippen LogP contribution in [0.2, 0.25) is 0 Å². The van der Waals surface area contributed by atoms with Crippen molar-refractivity contribution in [3.63, 3.8) is 0 Å². The van der Waals surface area contributed by atoms with E-state index in [0.717, 1.165) is 40.2 Å². The molecule has 1 aromatic carbocycles. The van der Waals surface area contributed by atoms with Gasteiger partial charge >= 0.3 is 0 Å². The van der Waals surface area contributed by atoms with Gasteiger partial charge in [-0.3, -0.25) is 4.99 Å². The van der Waals surface area contributed by atoms with Gasteiger partial charge in [0, 0.05) is 21.7 Å². The maximum Gasteiger partial charge on any atom is 0.168 e. The second kappa shape index (κ2) is 5.05. The Labute approximate surface area is 130 Å². The molecule has 4 rings (SSSR count). The predicted molar refractivity (Wildman–Crippen MR) is 89.0 cm³/mol. The molecule has 0 radical (unpaired) electrons. The molecule has 0 fully saturated rings. The molecule has 2 aliphatic rings. The fraction of sp³-hybridized carbons (Fsp3) is 0.267. The largest absolute Gasteiger partial charge is 0.497 e. The third-order valence-electron chi connectivity index (χ3n) is 3.71. The summed E-state index contributed by atoms with van der Waals surface area (Å²) in [5.41, 5.74) is 2.22. The molecule has 1 aromatic heterocycles. The third-order valence-corrected chi connectivity index (χ3v) is 5.77. The molecule has 0 saturated heterocycles. The molecule has 0 atom stereocenters. The third kappa shape index (κ3) is 1.97. The van der Waals surface area contributed by atoms with E-state index in [2.05, 4.69) is 33.5 Å². The van der Waals surface area contributed by atoms with E-state index in [1.54, 1.807) is 30.2 Å². The van der Waals surface area contributed by atoms with Gasteiger partial charge in [0.15, 0.2) is 5.17 Å². The number of hydrogen-bond donors (Lipinski definition) is 1. The fourth-order valence-electron chi connectivity index (χ4n) is 2.78. The Morgan fingerprint density at radius 3 is 3.14 bits per heavy atom. The van der Waals surface area contributed by atoms with Gasteiger partial charge in [-0.25, -0.2) is 0 Å². The van der Waals surface area contributed by atoms with E-state index in [4.69, 9.17) is 4.74 Å². The van der Waals surface area contributed by atoms with Crippen molar-refractivity contribution in [2.45, 2.75) is 0 Å². The number of fused-ring (bicyclic) bond motifs is 2. The maximum atomic E-state index is 9.71. The van der Waals surface area contributed by atoms with Crippen molar-refractivity contribution >= 4 is 44.0 Å². The summed E-state index contributed by atoms with van der Waals surface area (Å²) >= 11 is 3.30. The summed E-state index contributed by atoms with van der Waals surface area (Å²) in [5, 5.41) is 14.0. The Morgan fingerprint density at radius 1 is 1.43 bits per heavy atom. The molecule has 0 amide bonds. The molecular weight excluding hydrogens is 304 g/mol. The maximum absolute atomic E-state index is 9.71. The molecule has 1 N–H and O–H groups in total. The molecule has 0 aliphatic carbocycles. The number of amidine groups is 1. The van der Waals surface area contributed by atoms with Gasteiger partial charge in [0.25, 0.3) is 0 Å². The van der Waals surface area contributed by atoms with Crippen LogP contribution in [-0.4, -0.2) is 42.0 Å². The van der Waals surface area contributed by atoms with Gasteiger partial charge in [0.1, 0.15) is 5.75 Å². The summed E-state index contributed by atoms with van der Waals surface area (Å²) in [6.45, 7) is 1.74. The minimum absolute atomic E-state index is 0.0413. The minimum Gasteiger partial charge on any atom is -0.497 e. The first-order chi connectivity index (χ1) is 10.3. The van der Waals surface area contributed by atoms with Gasteiger partial charge in [-0.2, -0.15) is 0 Å². The summed E-state index contributed by atoms with van der Waals surface area (Å²) in [6.07, 6.45) is 0. The van der Waals surface area contributed by atoms with E-state index in [9.17, 15) is 5.11 Å². The molecule has 3 heterocycles. The number of aliphatic hydroxyl groups excluding tert-OH is 1. The lowest BCUT2D eigenvalue weighted by Gasteiger charge is -2.18. The Bertz CT molecular complexity index is 779. The molecule has 0 saturated carbocycles. The van der Waals surface area contributed by atoms with Crippen LogP contribution in [0.25, 0.3) is 15.8 Å². The molecule has 0 unspecified atom stereocenters. The van der Waals surface area contributed by atoms with Gasteiger partial charge in [0.2, 0.25) is 0 Å². The van der Waals surface area contributed by atoms with Gasteiger partial charge in [0.05, 0.1) is 26.0 Å². The quantitative estimate of drug-likeness (QED) is 0.945. The number of aliphatic imine (C=N–C) groups is 1. The molecule has 0 bridgehead atoms. The number of hydrogen-bond acceptors (Lipinski definition) is 6. The minimum atomic E-state index is 0.0413. The van der Waals surface area contributed by atoms with Crippen LogP contribution in [0.3, 0.4) is 0 Å². The first-order valence-corrected chi connectivity index (χ1v) is 8.41. The van der Waals surface area contributed by atoms with E-state index in [1.165, 1.54) is 10.1 Å². The van der Waals surface area contributed by atoms with E-state index in [1.807, 2.05) is 0 Å². The summed E-state index contributed by atoms with van der Waals surface area (Å²) in [7, 11) is 1.69. The van der Waals surface area contributed by atoms with Crippen LogP contribution in [0.15, 0.2) is 33.5 Å². The number of ether oxygens (including phenoxy) is 1. The normalized spacial score (nSPS) is 17.6. The van der Waals surface area contributed by atoms with E-state index >= 15 is 0 Å². The van der Waals surface area contributed by atoms with Crippen LogP contribution in [0, 0.1) is 0 Å². The smallest absolute Gasteiger partial charge is 0.168 e. The average Bonchev–Trinajstić information content (AvgIpc) is 3.20. The zero-order valence-electron chi connectivity index (χ0n) is 11.5. The van der Waals surface area contributed by atoms with Crippen molar-refractivity contribution < 1.29 is 9.84 Å². The van der Waals surface area contributed by atoms with E-state index in [-0.39, 0.29) is 6.61 Å². The monoisotopic (exact) mass is 318 g/mol. The predicted octanol–water partition coefficient (Wildman–Crippen LogP) is 2.99. The molecular formula is C15H14N2O2S2. The Balaban J connectivity index is 1.96. The second-order valence-electron chi connectivity index (χ2n) is 4.86. The highest BCUT2D eigenvalue weighted by atomic mass is 32.2. The summed E-state index contributed by atoms with van der Waals surface area (Å²) in [5.74, 6) is 0.843. The van der Waals surface area contributed by atoms with Crippen LogP contribution in [0.5, 0.6) is 5.75 Å². The number of thiophene rings is 1. The first-order valence-electron chi connectivity index (χ1n) is 6.71. The highest BCUT2D eigenvalue weighted by molar-refractivity contribution is 8.17. The Hall–Kier alpha value is -1.50. The van der Waals surface area contributed by atoms with Crippen molar-refractivity contribution in [2.24, 2.45) is 4.99 Å². The lowest BCUT2D eigenvalue weighted by atomic mass is 10.1. The number of methoxy groups -OCH3 is 1. The lowest BCUT2D eigenvalue weighted by molar-refractivity contribution is 0.339. The van der Waals surface area contributed by atoms with Gasteiger partial charge in [-0.15, -0.1) is 11.3 Å². The standard InChI is InChI=1S/C15H14N2O2S2/c1-19-10-6-9-2-5-20-14(9)11(7-10)13-12(8-18)21-15-16-3-4-17(13)15/h2,5-7,18H,3-4,8H2,1H3. The fourth-order valence-corrected chi connectivity index (χ4v) is 4.73. The van der Waals surface area contributed by atoms with Crippen LogP contribution in [0.1, 0.15) is 5.56 Å². The van der Waals surface area contributed by atoms with E-state index in [0.29, 0.717) is 0 Å². The molecule has 2 aromatic rings.